The van der Waals surface area contributed by atoms with Gasteiger partial charge in [-0.15, -0.1) is 0 Å². The van der Waals surface area contributed by atoms with Crippen molar-refractivity contribution in [2.45, 2.75) is 204 Å². The fraction of sp³-hybridized carbons (Fsp3) is 0.914. The van der Waals surface area contributed by atoms with E-state index in [1.54, 1.807) is 13.0 Å². The van der Waals surface area contributed by atoms with Gasteiger partial charge in [0.05, 0.1) is 36.6 Å². The highest BCUT2D eigenvalue weighted by Gasteiger charge is 2.24. The second kappa shape index (κ2) is 25.2. The molecular formula is C35H66O8. The first-order chi connectivity index (χ1) is 20.6. The third-order valence-electron chi connectivity index (χ3n) is 8.81. The predicted molar refractivity (Wildman–Crippen MR) is 172 cm³/mol. The Kier molecular flexibility index (Phi) is 23.4. The zero-order valence-corrected chi connectivity index (χ0v) is 27.4. The largest absolute Gasteiger partial charge is 0.455 e. The van der Waals surface area contributed by atoms with Crippen LogP contribution in [0.1, 0.15) is 162 Å². The Morgan fingerprint density at radius 3 is 1.40 bits per heavy atom. The van der Waals surface area contributed by atoms with E-state index < -0.39 is 36.6 Å². The van der Waals surface area contributed by atoms with E-state index in [1.807, 2.05) is 0 Å². The molecule has 1 aliphatic heterocycles. The van der Waals surface area contributed by atoms with Gasteiger partial charge in [-0.25, -0.2) is 4.79 Å². The molecule has 0 amide bonds. The molecule has 0 fully saturated rings. The Balaban J connectivity index is 1.98. The molecule has 0 aliphatic carbocycles. The minimum absolute atomic E-state index is 0.221. The zero-order chi connectivity index (χ0) is 31.9. The summed E-state index contributed by atoms with van der Waals surface area (Å²) in [5, 5.41) is 61.5. The molecule has 8 heteroatoms. The number of esters is 1. The fourth-order valence-corrected chi connectivity index (χ4v) is 5.90. The maximum absolute atomic E-state index is 11.6. The first-order valence-electron chi connectivity index (χ1n) is 17.6. The van der Waals surface area contributed by atoms with Crippen LogP contribution in [0, 0.1) is 0 Å². The van der Waals surface area contributed by atoms with Gasteiger partial charge in [0.2, 0.25) is 0 Å². The van der Waals surface area contributed by atoms with Crippen molar-refractivity contribution in [1.82, 2.24) is 0 Å². The maximum atomic E-state index is 11.6. The van der Waals surface area contributed by atoms with E-state index >= 15 is 0 Å². The molecule has 8 nitrogen and oxygen atoms in total. The van der Waals surface area contributed by atoms with Crippen LogP contribution in [-0.2, 0) is 9.53 Å². The van der Waals surface area contributed by atoms with Crippen molar-refractivity contribution >= 4 is 5.97 Å². The molecule has 0 aromatic rings. The topological polar surface area (TPSA) is 148 Å². The Morgan fingerprint density at radius 1 is 0.558 bits per heavy atom. The van der Waals surface area contributed by atoms with Crippen LogP contribution in [0.25, 0.3) is 0 Å². The van der Waals surface area contributed by atoms with Gasteiger partial charge >= 0.3 is 5.97 Å². The van der Waals surface area contributed by atoms with Crippen molar-refractivity contribution in [3.05, 3.63) is 11.6 Å². The zero-order valence-electron chi connectivity index (χ0n) is 27.4. The molecule has 0 saturated heterocycles. The third kappa shape index (κ3) is 20.6. The number of cyclic esters (lactones) is 1. The standard InChI is InChI=1S/C35H66O8/c1-3-4-5-6-7-8-9-10-11-14-21-31(38)33(40)23-24-34(41)32(39)22-15-12-13-18-29(36)19-16-17-20-30(37)26-28-25-27(2)43-35(28)42/h25,27,29-34,36-41H,3-24,26H2,1-2H3. The Hall–Kier alpha value is -1.03. The number of aliphatic hydroxyl groups excluding tert-OH is 6. The molecule has 1 heterocycles. The van der Waals surface area contributed by atoms with E-state index in [9.17, 15) is 35.4 Å². The minimum atomic E-state index is -0.917. The van der Waals surface area contributed by atoms with Crippen molar-refractivity contribution in [2.75, 3.05) is 0 Å². The summed E-state index contributed by atoms with van der Waals surface area (Å²) in [6, 6.07) is 0. The van der Waals surface area contributed by atoms with Crippen molar-refractivity contribution < 1.29 is 40.2 Å². The molecule has 7 atom stereocenters. The van der Waals surface area contributed by atoms with Gasteiger partial charge in [-0.2, -0.15) is 0 Å². The lowest BCUT2D eigenvalue weighted by atomic mass is 9.96. The SMILES string of the molecule is CCCCCCCCCCCCC(O)C(O)CCC(O)C(O)CCCCCC(O)CCCCC(O)CC1=CC(C)OC1=O. The van der Waals surface area contributed by atoms with Crippen molar-refractivity contribution in [2.24, 2.45) is 0 Å². The second-order valence-corrected chi connectivity index (χ2v) is 13.1. The fourth-order valence-electron chi connectivity index (χ4n) is 5.90. The van der Waals surface area contributed by atoms with E-state index in [-0.39, 0.29) is 24.9 Å². The van der Waals surface area contributed by atoms with Gasteiger partial charge in [0, 0.05) is 12.0 Å². The molecule has 0 spiro atoms. The van der Waals surface area contributed by atoms with E-state index in [0.29, 0.717) is 44.1 Å². The smallest absolute Gasteiger partial charge is 0.334 e. The number of ether oxygens (including phenoxy) is 1. The van der Waals surface area contributed by atoms with Gasteiger partial charge in [-0.05, 0) is 57.9 Å². The second-order valence-electron chi connectivity index (χ2n) is 13.1. The number of carbonyl (C=O) groups is 1. The number of carbonyl (C=O) groups excluding carboxylic acids is 1. The van der Waals surface area contributed by atoms with Gasteiger partial charge in [0.25, 0.3) is 0 Å². The van der Waals surface area contributed by atoms with Gasteiger partial charge in [-0.1, -0.05) is 103 Å². The summed E-state index contributed by atoms with van der Waals surface area (Å²) in [4.78, 5) is 11.6. The molecule has 1 aliphatic rings. The third-order valence-corrected chi connectivity index (χ3v) is 8.81. The predicted octanol–water partition coefficient (Wildman–Crippen LogP) is 6.02. The Morgan fingerprint density at radius 2 is 0.930 bits per heavy atom. The highest BCUT2D eigenvalue weighted by Crippen LogP contribution is 2.21. The molecule has 0 saturated carbocycles. The van der Waals surface area contributed by atoms with Crippen molar-refractivity contribution in [3.63, 3.8) is 0 Å². The molecule has 43 heavy (non-hydrogen) atoms. The van der Waals surface area contributed by atoms with Crippen molar-refractivity contribution in [3.8, 4) is 0 Å². The maximum Gasteiger partial charge on any atom is 0.334 e. The Labute approximate surface area is 261 Å². The molecule has 0 aromatic carbocycles. The van der Waals surface area contributed by atoms with Crippen LogP contribution >= 0.6 is 0 Å². The molecule has 254 valence electrons. The monoisotopic (exact) mass is 614 g/mol. The molecule has 1 rings (SSSR count). The minimum Gasteiger partial charge on any atom is -0.455 e. The van der Waals surface area contributed by atoms with Gasteiger partial charge in [0.15, 0.2) is 0 Å². The lowest BCUT2D eigenvalue weighted by molar-refractivity contribution is -0.139. The molecular weight excluding hydrogens is 548 g/mol. The van der Waals surface area contributed by atoms with Gasteiger partial charge in [-0.3, -0.25) is 0 Å². The van der Waals surface area contributed by atoms with E-state index in [0.717, 1.165) is 44.9 Å². The van der Waals surface area contributed by atoms with Crippen LogP contribution in [0.15, 0.2) is 11.6 Å². The van der Waals surface area contributed by atoms with Gasteiger partial charge in [0.1, 0.15) is 6.10 Å². The molecule has 0 aromatic heterocycles. The highest BCUT2D eigenvalue weighted by molar-refractivity contribution is 5.90. The average molecular weight is 615 g/mol. The number of hydrogen-bond acceptors (Lipinski definition) is 8. The van der Waals surface area contributed by atoms with Crippen LogP contribution < -0.4 is 0 Å². The summed E-state index contributed by atoms with van der Waals surface area (Å²) in [6.07, 6.45) is 17.2. The van der Waals surface area contributed by atoms with Crippen LogP contribution in [0.3, 0.4) is 0 Å². The van der Waals surface area contributed by atoms with Gasteiger partial charge < -0.3 is 35.4 Å². The number of rotatable bonds is 29. The summed E-state index contributed by atoms with van der Waals surface area (Å²) in [5.41, 5.74) is 0.545. The van der Waals surface area contributed by atoms with E-state index in [4.69, 9.17) is 4.74 Å². The number of unbranched alkanes of at least 4 members (excludes halogenated alkanes) is 12. The molecule has 7 unspecified atom stereocenters. The number of aliphatic hydroxyl groups is 6. The van der Waals surface area contributed by atoms with Crippen LogP contribution in [0.2, 0.25) is 0 Å². The van der Waals surface area contributed by atoms with Crippen LogP contribution in [-0.4, -0.2) is 79.3 Å². The van der Waals surface area contributed by atoms with Crippen LogP contribution in [0.5, 0.6) is 0 Å². The summed E-state index contributed by atoms with van der Waals surface area (Å²) >= 11 is 0. The van der Waals surface area contributed by atoms with Crippen molar-refractivity contribution in [1.29, 1.82) is 0 Å². The normalized spacial score (nSPS) is 19.5. The highest BCUT2D eigenvalue weighted by atomic mass is 16.5. The summed E-state index contributed by atoms with van der Waals surface area (Å²) in [7, 11) is 0. The van der Waals surface area contributed by atoms with E-state index in [2.05, 4.69) is 6.92 Å². The lowest BCUT2D eigenvalue weighted by Gasteiger charge is -2.22. The molecule has 0 bridgehead atoms. The average Bonchev–Trinajstić information content (AvgIpc) is 3.29. The molecule has 0 radical (unpaired) electrons. The van der Waals surface area contributed by atoms with Crippen LogP contribution in [0.4, 0.5) is 0 Å². The Bertz CT molecular complexity index is 714. The first kappa shape index (κ1) is 40.0. The summed E-state index contributed by atoms with van der Waals surface area (Å²) < 4.78 is 5.05. The summed E-state index contributed by atoms with van der Waals surface area (Å²) in [6.45, 7) is 4.03. The molecule has 6 N–H and O–H groups in total. The first-order valence-corrected chi connectivity index (χ1v) is 17.6. The quantitative estimate of drug-likeness (QED) is 0.0443. The summed E-state index contributed by atoms with van der Waals surface area (Å²) in [5.74, 6) is -0.340. The number of hydrogen-bond donors (Lipinski definition) is 6. The van der Waals surface area contributed by atoms with E-state index in [1.165, 1.54) is 51.4 Å². The lowest BCUT2D eigenvalue weighted by Crippen LogP contribution is -2.31.